The summed E-state index contributed by atoms with van der Waals surface area (Å²) in [4.78, 5) is 9.28. The smallest absolute Gasteiger partial charge is 0.243 e. The summed E-state index contributed by atoms with van der Waals surface area (Å²) in [7, 11) is 1.29. The standard InChI is InChI=1S/C28H38N4O5S/c1-5-32(38(33,34)26-9-6-8-22-20-29-13-12-24(22)26)15-7-14-30-16-18-31(19-17-30)21-23-10-11-25(35-2)28(37-4)27(23)36-3/h6,8-13,20H,5,7,14-19,21H2,1-4H3. The molecule has 0 spiro atoms. The summed E-state index contributed by atoms with van der Waals surface area (Å²) in [6.45, 7) is 8.17. The molecule has 0 bridgehead atoms. The highest BCUT2D eigenvalue weighted by Crippen LogP contribution is 2.40. The van der Waals surface area contributed by atoms with Gasteiger partial charge in [-0.15, -0.1) is 0 Å². The SMILES string of the molecule is CCN(CCCN1CCN(Cc2ccc(OC)c(OC)c2OC)CC1)S(=O)(=O)c1cccc2cnccc12. The summed E-state index contributed by atoms with van der Waals surface area (Å²) in [6, 6.07) is 11.1. The summed E-state index contributed by atoms with van der Waals surface area (Å²) < 4.78 is 45.1. The highest BCUT2D eigenvalue weighted by molar-refractivity contribution is 7.89. The van der Waals surface area contributed by atoms with Crippen molar-refractivity contribution >= 4 is 20.8 Å². The van der Waals surface area contributed by atoms with Crippen LogP contribution in [0.2, 0.25) is 0 Å². The summed E-state index contributed by atoms with van der Waals surface area (Å²) >= 11 is 0. The first-order chi connectivity index (χ1) is 18.4. The van der Waals surface area contributed by atoms with Crippen LogP contribution in [0.25, 0.3) is 10.8 Å². The van der Waals surface area contributed by atoms with Gasteiger partial charge in [0, 0.05) is 74.5 Å². The largest absolute Gasteiger partial charge is 0.493 e. The minimum Gasteiger partial charge on any atom is -0.493 e. The van der Waals surface area contributed by atoms with E-state index < -0.39 is 10.0 Å². The van der Waals surface area contributed by atoms with Crippen LogP contribution in [-0.2, 0) is 16.6 Å². The molecule has 1 fully saturated rings. The monoisotopic (exact) mass is 542 g/mol. The predicted molar refractivity (Wildman–Crippen MR) is 149 cm³/mol. The molecule has 10 heteroatoms. The van der Waals surface area contributed by atoms with E-state index in [0.717, 1.165) is 56.6 Å². The lowest BCUT2D eigenvalue weighted by Crippen LogP contribution is -2.46. The molecule has 0 atom stereocenters. The summed E-state index contributed by atoms with van der Waals surface area (Å²) in [5.41, 5.74) is 1.06. The van der Waals surface area contributed by atoms with E-state index in [2.05, 4.69) is 14.8 Å². The van der Waals surface area contributed by atoms with Crippen molar-refractivity contribution in [3.8, 4) is 17.2 Å². The van der Waals surface area contributed by atoms with Crippen LogP contribution in [0.1, 0.15) is 18.9 Å². The topological polar surface area (TPSA) is 84.4 Å². The van der Waals surface area contributed by atoms with Gasteiger partial charge in [-0.2, -0.15) is 4.31 Å². The Kier molecular flexibility index (Phi) is 9.43. The minimum absolute atomic E-state index is 0.346. The van der Waals surface area contributed by atoms with Crippen molar-refractivity contribution in [3.63, 3.8) is 0 Å². The first-order valence-corrected chi connectivity index (χ1v) is 14.4. The zero-order chi connectivity index (χ0) is 27.1. The minimum atomic E-state index is -3.59. The maximum atomic E-state index is 13.5. The van der Waals surface area contributed by atoms with Gasteiger partial charge in [-0.05, 0) is 31.2 Å². The molecule has 2 aromatic carbocycles. The van der Waals surface area contributed by atoms with Gasteiger partial charge in [0.2, 0.25) is 15.8 Å². The number of hydrogen-bond acceptors (Lipinski definition) is 8. The van der Waals surface area contributed by atoms with Gasteiger partial charge in [-0.3, -0.25) is 9.88 Å². The fourth-order valence-corrected chi connectivity index (χ4v) is 6.78. The highest BCUT2D eigenvalue weighted by Gasteiger charge is 2.26. The van der Waals surface area contributed by atoms with E-state index in [1.807, 2.05) is 25.1 Å². The number of benzene rings is 2. The van der Waals surface area contributed by atoms with Crippen LogP contribution in [0.5, 0.6) is 17.2 Å². The molecule has 9 nitrogen and oxygen atoms in total. The van der Waals surface area contributed by atoms with Crippen molar-refractivity contribution in [1.29, 1.82) is 0 Å². The second-order valence-electron chi connectivity index (χ2n) is 9.31. The number of sulfonamides is 1. The molecular formula is C28H38N4O5S. The zero-order valence-corrected chi connectivity index (χ0v) is 23.5. The fourth-order valence-electron chi connectivity index (χ4n) is 5.08. The number of methoxy groups -OCH3 is 3. The molecule has 1 aliphatic rings. The normalized spacial score (nSPS) is 15.2. The Morgan fingerprint density at radius 2 is 1.66 bits per heavy atom. The highest BCUT2D eigenvalue weighted by atomic mass is 32.2. The number of piperazine rings is 1. The van der Waals surface area contributed by atoms with Crippen molar-refractivity contribution in [3.05, 3.63) is 54.4 Å². The van der Waals surface area contributed by atoms with Gasteiger partial charge in [0.05, 0.1) is 26.2 Å². The van der Waals surface area contributed by atoms with E-state index in [-0.39, 0.29) is 0 Å². The number of ether oxygens (including phenoxy) is 3. The molecule has 38 heavy (non-hydrogen) atoms. The summed E-state index contributed by atoms with van der Waals surface area (Å²) in [5, 5.41) is 1.54. The molecule has 0 N–H and O–H groups in total. The first-order valence-electron chi connectivity index (χ1n) is 13.0. The number of pyridine rings is 1. The van der Waals surface area contributed by atoms with Crippen LogP contribution in [-0.4, -0.2) is 94.6 Å². The van der Waals surface area contributed by atoms with Gasteiger partial charge >= 0.3 is 0 Å². The van der Waals surface area contributed by atoms with Crippen molar-refractivity contribution in [2.24, 2.45) is 0 Å². The van der Waals surface area contributed by atoms with E-state index in [9.17, 15) is 8.42 Å². The van der Waals surface area contributed by atoms with Crippen molar-refractivity contribution in [1.82, 2.24) is 19.1 Å². The number of fused-ring (bicyclic) bond motifs is 1. The molecule has 0 radical (unpaired) electrons. The number of hydrogen-bond donors (Lipinski definition) is 0. The van der Waals surface area contributed by atoms with Crippen molar-refractivity contribution < 1.29 is 22.6 Å². The molecule has 206 valence electrons. The summed E-state index contributed by atoms with van der Waals surface area (Å²) in [5.74, 6) is 1.97. The lowest BCUT2D eigenvalue weighted by Gasteiger charge is -2.35. The Labute approximate surface area is 226 Å². The number of rotatable bonds is 12. The second kappa shape index (κ2) is 12.8. The Morgan fingerprint density at radius 1 is 0.921 bits per heavy atom. The second-order valence-corrected chi connectivity index (χ2v) is 11.2. The molecule has 1 aliphatic heterocycles. The third kappa shape index (κ3) is 6.04. The quantitative estimate of drug-likeness (QED) is 0.344. The lowest BCUT2D eigenvalue weighted by molar-refractivity contribution is 0.124. The van der Waals surface area contributed by atoms with Gasteiger partial charge in [0.25, 0.3) is 0 Å². The molecule has 3 aromatic rings. The van der Waals surface area contributed by atoms with E-state index >= 15 is 0 Å². The Balaban J connectivity index is 1.31. The molecule has 4 rings (SSSR count). The Hall–Kier alpha value is -2.92. The van der Waals surface area contributed by atoms with E-state index in [1.165, 1.54) is 0 Å². The summed E-state index contributed by atoms with van der Waals surface area (Å²) in [6.07, 6.45) is 4.12. The predicted octanol–water partition coefficient (Wildman–Crippen LogP) is 3.48. The van der Waals surface area contributed by atoms with Gasteiger partial charge in [0.15, 0.2) is 11.5 Å². The number of nitrogens with zero attached hydrogens (tertiary/aromatic N) is 4. The van der Waals surface area contributed by atoms with Crippen LogP contribution in [0.4, 0.5) is 0 Å². The lowest BCUT2D eigenvalue weighted by atomic mass is 10.1. The van der Waals surface area contributed by atoms with Crippen molar-refractivity contribution in [2.75, 3.05) is 67.1 Å². The Morgan fingerprint density at radius 3 is 2.34 bits per heavy atom. The van der Waals surface area contributed by atoms with Crippen LogP contribution in [0.3, 0.4) is 0 Å². The van der Waals surface area contributed by atoms with Gasteiger partial charge < -0.3 is 19.1 Å². The average Bonchev–Trinajstić information content (AvgIpc) is 2.95. The molecule has 1 aromatic heterocycles. The number of aromatic nitrogens is 1. The first kappa shape index (κ1) is 28.1. The van der Waals surface area contributed by atoms with Crippen LogP contribution >= 0.6 is 0 Å². The van der Waals surface area contributed by atoms with Crippen LogP contribution in [0, 0.1) is 0 Å². The van der Waals surface area contributed by atoms with Crippen LogP contribution in [0.15, 0.2) is 53.7 Å². The Bertz CT molecular complexity index is 1320. The maximum absolute atomic E-state index is 13.5. The van der Waals surface area contributed by atoms with Crippen molar-refractivity contribution in [2.45, 2.75) is 24.8 Å². The molecule has 0 aliphatic carbocycles. The molecule has 2 heterocycles. The third-order valence-electron chi connectivity index (χ3n) is 7.14. The molecule has 0 saturated carbocycles. The van der Waals surface area contributed by atoms with Gasteiger partial charge in [-0.25, -0.2) is 8.42 Å². The van der Waals surface area contributed by atoms with E-state index in [0.29, 0.717) is 40.6 Å². The van der Waals surface area contributed by atoms with E-state index in [4.69, 9.17) is 14.2 Å². The molecule has 1 saturated heterocycles. The van der Waals surface area contributed by atoms with Gasteiger partial charge in [-0.1, -0.05) is 25.1 Å². The molecule has 0 unspecified atom stereocenters. The van der Waals surface area contributed by atoms with Gasteiger partial charge in [0.1, 0.15) is 0 Å². The average molecular weight is 543 g/mol. The zero-order valence-electron chi connectivity index (χ0n) is 22.7. The fraction of sp³-hybridized carbons (Fsp3) is 0.464. The molecule has 0 amide bonds. The van der Waals surface area contributed by atoms with E-state index in [1.54, 1.807) is 56.2 Å². The molecular weight excluding hydrogens is 504 g/mol. The third-order valence-corrected chi connectivity index (χ3v) is 9.17. The van der Waals surface area contributed by atoms with Crippen LogP contribution < -0.4 is 14.2 Å². The maximum Gasteiger partial charge on any atom is 0.243 e.